The Hall–Kier alpha value is -3.12. The Labute approximate surface area is 197 Å². The number of amides is 1. The lowest BCUT2D eigenvalue weighted by molar-refractivity contribution is -0.124. The molecule has 2 aliphatic rings. The Balaban J connectivity index is 1.58. The van der Waals surface area contributed by atoms with Gasteiger partial charge in [-0.05, 0) is 59.8 Å². The van der Waals surface area contributed by atoms with Crippen LogP contribution in [0.4, 0.5) is 10.1 Å². The van der Waals surface area contributed by atoms with Crippen LogP contribution in [0.15, 0.2) is 70.6 Å². The first-order valence-corrected chi connectivity index (χ1v) is 12.1. The molecule has 0 bridgehead atoms. The first kappa shape index (κ1) is 21.7. The summed E-state index contributed by atoms with van der Waals surface area (Å²) in [6.45, 7) is 0. The maximum absolute atomic E-state index is 14.4. The quantitative estimate of drug-likeness (QED) is 0.397. The summed E-state index contributed by atoms with van der Waals surface area (Å²) in [4.78, 5) is 20.6. The Morgan fingerprint density at radius 2 is 1.73 bits per heavy atom. The summed E-state index contributed by atoms with van der Waals surface area (Å²) in [7, 11) is 1.66. The number of fused-ring (bicyclic) bond motifs is 1. The predicted molar refractivity (Wildman–Crippen MR) is 133 cm³/mol. The van der Waals surface area contributed by atoms with Crippen LogP contribution >= 0.6 is 11.8 Å². The molecule has 1 heterocycles. The van der Waals surface area contributed by atoms with Crippen molar-refractivity contribution >= 4 is 45.4 Å². The number of methoxy groups -OCH3 is 1. The van der Waals surface area contributed by atoms with Crippen LogP contribution in [0.5, 0.6) is 5.75 Å². The van der Waals surface area contributed by atoms with E-state index in [4.69, 9.17) is 4.74 Å². The monoisotopic (exact) mass is 460 g/mol. The number of rotatable bonds is 4. The summed E-state index contributed by atoms with van der Waals surface area (Å²) >= 11 is 1.33. The Morgan fingerprint density at radius 1 is 1.00 bits per heavy atom. The van der Waals surface area contributed by atoms with Crippen molar-refractivity contribution in [3.8, 4) is 5.75 Å². The van der Waals surface area contributed by atoms with Crippen molar-refractivity contribution in [3.63, 3.8) is 0 Å². The van der Waals surface area contributed by atoms with E-state index in [2.05, 4.69) is 4.99 Å². The number of ether oxygens (including phenoxy) is 1. The first-order chi connectivity index (χ1) is 16.2. The van der Waals surface area contributed by atoms with Crippen molar-refractivity contribution in [1.82, 2.24) is 4.90 Å². The third kappa shape index (κ3) is 4.27. The number of hydrogen-bond acceptors (Lipinski definition) is 4. The molecule has 0 radical (unpaired) electrons. The number of amidine groups is 1. The molecule has 1 aliphatic carbocycles. The summed E-state index contributed by atoms with van der Waals surface area (Å²) in [6, 6.07) is 18.4. The summed E-state index contributed by atoms with van der Waals surface area (Å²) < 4.78 is 19.9. The number of halogens is 1. The molecule has 1 saturated carbocycles. The highest BCUT2D eigenvalue weighted by molar-refractivity contribution is 8.18. The zero-order valence-corrected chi connectivity index (χ0v) is 19.3. The standard InChI is InChI=1S/C27H25FN2O2S/c1-32-24-16-15-18(20-11-5-6-12-21(20)24)17-25-26(31)30(19-9-3-2-4-10-19)27(33-25)29-23-14-8-7-13-22(23)28/h5-8,11-17,19H,2-4,9-10H2,1H3/b25-17-,29-27?. The molecule has 5 rings (SSSR count). The van der Waals surface area contributed by atoms with E-state index in [-0.39, 0.29) is 23.5 Å². The predicted octanol–water partition coefficient (Wildman–Crippen LogP) is 6.92. The van der Waals surface area contributed by atoms with Gasteiger partial charge in [0.15, 0.2) is 5.17 Å². The van der Waals surface area contributed by atoms with Gasteiger partial charge in [-0.15, -0.1) is 0 Å². The van der Waals surface area contributed by atoms with Crippen LogP contribution in [0, 0.1) is 5.82 Å². The Kier molecular flexibility index (Phi) is 6.18. The van der Waals surface area contributed by atoms with Gasteiger partial charge in [0, 0.05) is 11.4 Å². The lowest BCUT2D eigenvalue weighted by Crippen LogP contribution is -2.40. The fraction of sp³-hybridized carbons (Fsp3) is 0.259. The van der Waals surface area contributed by atoms with Gasteiger partial charge in [-0.1, -0.05) is 61.7 Å². The zero-order valence-electron chi connectivity index (χ0n) is 18.5. The molecule has 2 fully saturated rings. The van der Waals surface area contributed by atoms with E-state index < -0.39 is 0 Å². The van der Waals surface area contributed by atoms with Crippen LogP contribution in [0.2, 0.25) is 0 Å². The maximum Gasteiger partial charge on any atom is 0.267 e. The van der Waals surface area contributed by atoms with Gasteiger partial charge < -0.3 is 4.74 Å². The molecule has 0 spiro atoms. The summed E-state index contributed by atoms with van der Waals surface area (Å²) in [5, 5.41) is 2.57. The van der Waals surface area contributed by atoms with E-state index in [1.165, 1.54) is 24.2 Å². The number of carbonyl (C=O) groups excluding carboxylic acids is 1. The molecular formula is C27H25FN2O2S. The smallest absolute Gasteiger partial charge is 0.267 e. The second kappa shape index (κ2) is 9.40. The van der Waals surface area contributed by atoms with Crippen LogP contribution in [-0.4, -0.2) is 29.1 Å². The molecule has 1 aliphatic heterocycles. The lowest BCUT2D eigenvalue weighted by Gasteiger charge is -2.30. The van der Waals surface area contributed by atoms with Crippen molar-refractivity contribution in [2.75, 3.05) is 7.11 Å². The minimum atomic E-state index is -0.389. The van der Waals surface area contributed by atoms with E-state index in [9.17, 15) is 9.18 Å². The third-order valence-electron chi connectivity index (χ3n) is 6.27. The zero-order chi connectivity index (χ0) is 22.8. The molecule has 33 heavy (non-hydrogen) atoms. The van der Waals surface area contributed by atoms with E-state index >= 15 is 0 Å². The second-order valence-corrected chi connectivity index (χ2v) is 9.34. The van der Waals surface area contributed by atoms with Crippen molar-refractivity contribution in [3.05, 3.63) is 76.9 Å². The number of carbonyl (C=O) groups is 1. The summed E-state index contributed by atoms with van der Waals surface area (Å²) in [5.41, 5.74) is 1.20. The fourth-order valence-electron chi connectivity index (χ4n) is 4.61. The van der Waals surface area contributed by atoms with Gasteiger partial charge in [0.25, 0.3) is 5.91 Å². The molecule has 1 saturated heterocycles. The van der Waals surface area contributed by atoms with Crippen molar-refractivity contribution in [1.29, 1.82) is 0 Å². The molecule has 4 nitrogen and oxygen atoms in total. The van der Waals surface area contributed by atoms with Gasteiger partial charge in [-0.3, -0.25) is 9.69 Å². The average Bonchev–Trinajstić information content (AvgIpc) is 3.15. The fourth-order valence-corrected chi connectivity index (χ4v) is 5.65. The summed E-state index contributed by atoms with van der Waals surface area (Å²) in [5.74, 6) is 0.353. The van der Waals surface area contributed by atoms with Gasteiger partial charge in [0.2, 0.25) is 0 Å². The van der Waals surface area contributed by atoms with Gasteiger partial charge in [0.1, 0.15) is 17.3 Å². The molecule has 1 amide bonds. The van der Waals surface area contributed by atoms with Crippen LogP contribution in [0.1, 0.15) is 37.7 Å². The SMILES string of the molecule is COc1ccc(/C=C2\SC(=Nc3ccccc3F)N(C3CCCCC3)C2=O)c2ccccc12. The number of aliphatic imine (C=N–C) groups is 1. The van der Waals surface area contributed by atoms with E-state index in [1.807, 2.05) is 42.5 Å². The molecule has 0 N–H and O–H groups in total. The van der Waals surface area contributed by atoms with E-state index in [1.54, 1.807) is 30.2 Å². The van der Waals surface area contributed by atoms with Crippen LogP contribution in [0.3, 0.4) is 0 Å². The highest BCUT2D eigenvalue weighted by atomic mass is 32.2. The van der Waals surface area contributed by atoms with Gasteiger partial charge in [0.05, 0.1) is 12.0 Å². The molecule has 3 aromatic carbocycles. The van der Waals surface area contributed by atoms with Crippen molar-refractivity contribution in [2.45, 2.75) is 38.1 Å². The minimum absolute atomic E-state index is 0.0538. The first-order valence-electron chi connectivity index (χ1n) is 11.3. The molecule has 0 aromatic heterocycles. The molecule has 0 unspecified atom stereocenters. The number of para-hydroxylation sites is 1. The molecular weight excluding hydrogens is 435 g/mol. The average molecular weight is 461 g/mol. The molecule has 3 aromatic rings. The highest BCUT2D eigenvalue weighted by Gasteiger charge is 2.38. The highest BCUT2D eigenvalue weighted by Crippen LogP contribution is 2.40. The number of benzene rings is 3. The van der Waals surface area contributed by atoms with Crippen LogP contribution < -0.4 is 4.74 Å². The molecule has 168 valence electrons. The normalized spacial score (nSPS) is 19.7. The van der Waals surface area contributed by atoms with E-state index in [0.717, 1.165) is 47.8 Å². The number of hydrogen-bond donors (Lipinski definition) is 0. The van der Waals surface area contributed by atoms with Crippen LogP contribution in [0.25, 0.3) is 16.8 Å². The molecule has 0 atom stereocenters. The second-order valence-electron chi connectivity index (χ2n) is 8.33. The van der Waals surface area contributed by atoms with Gasteiger partial charge in [-0.25, -0.2) is 9.38 Å². The topological polar surface area (TPSA) is 41.9 Å². The van der Waals surface area contributed by atoms with Crippen molar-refractivity contribution < 1.29 is 13.9 Å². The van der Waals surface area contributed by atoms with Crippen molar-refractivity contribution in [2.24, 2.45) is 4.99 Å². The van der Waals surface area contributed by atoms with Gasteiger partial charge >= 0.3 is 0 Å². The van der Waals surface area contributed by atoms with E-state index in [0.29, 0.717) is 10.1 Å². The minimum Gasteiger partial charge on any atom is -0.496 e. The third-order valence-corrected chi connectivity index (χ3v) is 7.25. The maximum atomic E-state index is 14.4. The van der Waals surface area contributed by atoms with Crippen LogP contribution in [-0.2, 0) is 4.79 Å². The Bertz CT molecular complexity index is 1260. The summed E-state index contributed by atoms with van der Waals surface area (Å²) in [6.07, 6.45) is 7.19. The van der Waals surface area contributed by atoms with Gasteiger partial charge in [-0.2, -0.15) is 0 Å². The molecule has 6 heteroatoms. The largest absolute Gasteiger partial charge is 0.496 e. The number of thioether (sulfide) groups is 1. The number of nitrogens with zero attached hydrogens (tertiary/aromatic N) is 2. The Morgan fingerprint density at radius 3 is 2.48 bits per heavy atom. The lowest BCUT2D eigenvalue weighted by atomic mass is 9.94.